The largest absolute Gasteiger partial charge is 0.504 e. The molecule has 0 heterocycles. The number of hydrogen-bond donors (Lipinski definition) is 2. The SMILES string of the molecule is COc1c(O)cccc1C1(N)CCCC1. The Labute approximate surface area is 89.9 Å². The fraction of sp³-hybridized carbons (Fsp3) is 0.500. The Hall–Kier alpha value is -1.22. The van der Waals surface area contributed by atoms with E-state index in [0.29, 0.717) is 5.75 Å². The van der Waals surface area contributed by atoms with Gasteiger partial charge >= 0.3 is 0 Å². The van der Waals surface area contributed by atoms with Gasteiger partial charge in [0.05, 0.1) is 7.11 Å². The monoisotopic (exact) mass is 207 g/mol. The van der Waals surface area contributed by atoms with Crippen LogP contribution in [0.15, 0.2) is 18.2 Å². The molecule has 3 nitrogen and oxygen atoms in total. The van der Waals surface area contributed by atoms with Gasteiger partial charge in [0.25, 0.3) is 0 Å². The minimum Gasteiger partial charge on any atom is -0.504 e. The van der Waals surface area contributed by atoms with Crippen molar-refractivity contribution in [2.75, 3.05) is 7.11 Å². The zero-order valence-electron chi connectivity index (χ0n) is 8.99. The van der Waals surface area contributed by atoms with Crippen LogP contribution in [0.2, 0.25) is 0 Å². The van der Waals surface area contributed by atoms with Crippen molar-refractivity contribution in [1.29, 1.82) is 0 Å². The van der Waals surface area contributed by atoms with E-state index in [1.165, 1.54) is 0 Å². The third-order valence-electron chi connectivity index (χ3n) is 3.23. The fourth-order valence-electron chi connectivity index (χ4n) is 2.41. The topological polar surface area (TPSA) is 55.5 Å². The van der Waals surface area contributed by atoms with Crippen molar-refractivity contribution in [3.8, 4) is 11.5 Å². The molecule has 1 aromatic rings. The molecular weight excluding hydrogens is 190 g/mol. The van der Waals surface area contributed by atoms with Gasteiger partial charge in [-0.15, -0.1) is 0 Å². The zero-order valence-corrected chi connectivity index (χ0v) is 8.99. The Morgan fingerprint density at radius 2 is 2.00 bits per heavy atom. The minimum atomic E-state index is -0.315. The minimum absolute atomic E-state index is 0.173. The number of methoxy groups -OCH3 is 1. The summed E-state index contributed by atoms with van der Waals surface area (Å²) in [5.74, 6) is 0.702. The summed E-state index contributed by atoms with van der Waals surface area (Å²) >= 11 is 0. The maximum absolute atomic E-state index is 9.69. The molecule has 0 spiro atoms. The van der Waals surface area contributed by atoms with Crippen molar-refractivity contribution in [1.82, 2.24) is 0 Å². The molecule has 0 unspecified atom stereocenters. The Morgan fingerprint density at radius 3 is 2.60 bits per heavy atom. The lowest BCUT2D eigenvalue weighted by atomic mass is 9.88. The summed E-state index contributed by atoms with van der Waals surface area (Å²) in [5.41, 5.74) is 6.95. The number of phenolic OH excluding ortho intramolecular Hbond substituents is 1. The number of benzene rings is 1. The van der Waals surface area contributed by atoms with Gasteiger partial charge in [-0.3, -0.25) is 0 Å². The molecule has 0 aromatic heterocycles. The van der Waals surface area contributed by atoms with Crippen LogP contribution in [-0.4, -0.2) is 12.2 Å². The zero-order chi connectivity index (χ0) is 10.9. The van der Waals surface area contributed by atoms with E-state index < -0.39 is 0 Å². The summed E-state index contributed by atoms with van der Waals surface area (Å²) in [6.45, 7) is 0. The van der Waals surface area contributed by atoms with Gasteiger partial charge in [0, 0.05) is 11.1 Å². The number of phenols is 1. The second kappa shape index (κ2) is 3.74. The second-order valence-electron chi connectivity index (χ2n) is 4.22. The summed E-state index contributed by atoms with van der Waals surface area (Å²) in [4.78, 5) is 0. The standard InChI is InChI=1S/C12H17NO2/c1-15-11-9(5-4-6-10(11)14)12(13)7-2-3-8-12/h4-6,14H,2-3,7-8,13H2,1H3. The van der Waals surface area contributed by atoms with Gasteiger partial charge in [0.15, 0.2) is 11.5 Å². The van der Waals surface area contributed by atoms with Gasteiger partial charge in [-0.05, 0) is 18.9 Å². The maximum Gasteiger partial charge on any atom is 0.165 e. The number of para-hydroxylation sites is 1. The van der Waals surface area contributed by atoms with Crippen LogP contribution >= 0.6 is 0 Å². The van der Waals surface area contributed by atoms with Gasteiger partial charge < -0.3 is 15.6 Å². The molecule has 0 atom stereocenters. The number of ether oxygens (including phenoxy) is 1. The average Bonchev–Trinajstić information content (AvgIpc) is 2.66. The quantitative estimate of drug-likeness (QED) is 0.781. The van der Waals surface area contributed by atoms with Crippen molar-refractivity contribution < 1.29 is 9.84 Å². The summed E-state index contributed by atoms with van der Waals surface area (Å²) in [6.07, 6.45) is 4.23. The first kappa shape index (κ1) is 10.3. The highest BCUT2D eigenvalue weighted by molar-refractivity contribution is 5.49. The van der Waals surface area contributed by atoms with Crippen molar-refractivity contribution in [2.24, 2.45) is 5.73 Å². The van der Waals surface area contributed by atoms with Crippen LogP contribution in [0.4, 0.5) is 0 Å². The lowest BCUT2D eigenvalue weighted by Gasteiger charge is -2.26. The molecule has 0 aliphatic heterocycles. The van der Waals surface area contributed by atoms with Crippen molar-refractivity contribution in [3.05, 3.63) is 23.8 Å². The molecular formula is C12H17NO2. The van der Waals surface area contributed by atoms with Gasteiger partial charge in [-0.1, -0.05) is 25.0 Å². The summed E-state index contributed by atoms with van der Waals surface area (Å²) in [7, 11) is 1.57. The van der Waals surface area contributed by atoms with E-state index in [-0.39, 0.29) is 11.3 Å². The predicted octanol–water partition coefficient (Wildman–Crippen LogP) is 2.13. The van der Waals surface area contributed by atoms with Crippen LogP contribution in [0.25, 0.3) is 0 Å². The molecule has 0 amide bonds. The van der Waals surface area contributed by atoms with E-state index in [1.807, 2.05) is 12.1 Å². The Morgan fingerprint density at radius 1 is 1.33 bits per heavy atom. The molecule has 0 bridgehead atoms. The number of aromatic hydroxyl groups is 1. The molecule has 3 N–H and O–H groups in total. The van der Waals surface area contributed by atoms with Crippen LogP contribution in [0.1, 0.15) is 31.2 Å². The van der Waals surface area contributed by atoms with Crippen molar-refractivity contribution >= 4 is 0 Å². The smallest absolute Gasteiger partial charge is 0.165 e. The highest BCUT2D eigenvalue weighted by Crippen LogP contribution is 2.43. The first-order valence-corrected chi connectivity index (χ1v) is 5.33. The molecule has 82 valence electrons. The van der Waals surface area contributed by atoms with E-state index in [0.717, 1.165) is 31.2 Å². The normalized spacial score (nSPS) is 19.1. The third-order valence-corrected chi connectivity index (χ3v) is 3.23. The van der Waals surface area contributed by atoms with E-state index in [1.54, 1.807) is 13.2 Å². The van der Waals surface area contributed by atoms with Crippen molar-refractivity contribution in [2.45, 2.75) is 31.2 Å². The van der Waals surface area contributed by atoms with E-state index in [4.69, 9.17) is 10.5 Å². The van der Waals surface area contributed by atoms with Crippen LogP contribution in [0.5, 0.6) is 11.5 Å². The summed E-state index contributed by atoms with van der Waals surface area (Å²) < 4.78 is 5.22. The lowest BCUT2D eigenvalue weighted by molar-refractivity contribution is 0.349. The number of hydrogen-bond acceptors (Lipinski definition) is 3. The van der Waals surface area contributed by atoms with Crippen LogP contribution in [0.3, 0.4) is 0 Å². The Bertz CT molecular complexity index is 357. The van der Waals surface area contributed by atoms with E-state index in [9.17, 15) is 5.11 Å². The number of rotatable bonds is 2. The molecule has 3 heteroatoms. The molecule has 0 radical (unpaired) electrons. The van der Waals surface area contributed by atoms with Gasteiger partial charge in [0.1, 0.15) is 0 Å². The van der Waals surface area contributed by atoms with Crippen LogP contribution < -0.4 is 10.5 Å². The Balaban J connectivity index is 2.47. The molecule has 1 aliphatic rings. The summed E-state index contributed by atoms with van der Waals surface area (Å²) in [5, 5.41) is 9.69. The molecule has 1 saturated carbocycles. The molecule has 1 fully saturated rings. The molecule has 2 rings (SSSR count). The number of nitrogens with two attached hydrogens (primary N) is 1. The van der Waals surface area contributed by atoms with Crippen molar-refractivity contribution in [3.63, 3.8) is 0 Å². The maximum atomic E-state index is 9.69. The van der Waals surface area contributed by atoms with Gasteiger partial charge in [-0.2, -0.15) is 0 Å². The predicted molar refractivity (Wildman–Crippen MR) is 59.0 cm³/mol. The van der Waals surface area contributed by atoms with E-state index >= 15 is 0 Å². The second-order valence-corrected chi connectivity index (χ2v) is 4.22. The summed E-state index contributed by atoms with van der Waals surface area (Å²) in [6, 6.07) is 5.39. The molecule has 0 saturated heterocycles. The van der Waals surface area contributed by atoms with Gasteiger partial charge in [0.2, 0.25) is 0 Å². The van der Waals surface area contributed by atoms with E-state index in [2.05, 4.69) is 0 Å². The first-order valence-electron chi connectivity index (χ1n) is 5.33. The van der Waals surface area contributed by atoms with Crippen LogP contribution in [0, 0.1) is 0 Å². The average molecular weight is 207 g/mol. The third kappa shape index (κ3) is 1.67. The molecule has 15 heavy (non-hydrogen) atoms. The van der Waals surface area contributed by atoms with Gasteiger partial charge in [-0.25, -0.2) is 0 Å². The Kier molecular flexibility index (Phi) is 2.57. The molecule has 1 aromatic carbocycles. The van der Waals surface area contributed by atoms with Crippen LogP contribution in [-0.2, 0) is 5.54 Å². The molecule has 1 aliphatic carbocycles. The first-order chi connectivity index (χ1) is 7.17. The highest BCUT2D eigenvalue weighted by Gasteiger charge is 2.34. The highest BCUT2D eigenvalue weighted by atomic mass is 16.5. The lowest BCUT2D eigenvalue weighted by Crippen LogP contribution is -2.33. The fourth-order valence-corrected chi connectivity index (χ4v) is 2.41.